The van der Waals surface area contributed by atoms with Crippen molar-refractivity contribution in [3.63, 3.8) is 0 Å². The standard InChI is InChI=1S/C21H21F2NO3/c22-17-5-6-19(23)16(12-17)13-20(25)24-9-7-14(8-10-24)11-15-3-1-2-4-18(15)21(26)27/h1-6,12,14H,7-11,13H2,(H,26,27). The number of rotatable bonds is 5. The molecular weight excluding hydrogens is 352 g/mol. The van der Waals surface area contributed by atoms with Crippen molar-refractivity contribution >= 4 is 11.9 Å². The molecule has 27 heavy (non-hydrogen) atoms. The van der Waals surface area contributed by atoms with Gasteiger partial charge in [-0.3, -0.25) is 4.79 Å². The van der Waals surface area contributed by atoms with E-state index < -0.39 is 17.6 Å². The van der Waals surface area contributed by atoms with Crippen LogP contribution in [-0.4, -0.2) is 35.0 Å². The quantitative estimate of drug-likeness (QED) is 0.870. The zero-order valence-electron chi connectivity index (χ0n) is 14.8. The molecule has 0 spiro atoms. The molecule has 1 fully saturated rings. The number of hydrogen-bond acceptors (Lipinski definition) is 2. The fourth-order valence-electron chi connectivity index (χ4n) is 3.56. The van der Waals surface area contributed by atoms with Gasteiger partial charge in [-0.05, 0) is 55.0 Å². The van der Waals surface area contributed by atoms with Gasteiger partial charge in [0.05, 0.1) is 12.0 Å². The fourth-order valence-corrected chi connectivity index (χ4v) is 3.56. The zero-order valence-corrected chi connectivity index (χ0v) is 14.8. The van der Waals surface area contributed by atoms with Crippen LogP contribution in [0.1, 0.15) is 34.3 Å². The van der Waals surface area contributed by atoms with E-state index in [9.17, 15) is 23.5 Å². The lowest BCUT2D eigenvalue weighted by atomic mass is 9.88. The van der Waals surface area contributed by atoms with E-state index in [-0.39, 0.29) is 17.9 Å². The summed E-state index contributed by atoms with van der Waals surface area (Å²) >= 11 is 0. The number of halogens is 2. The summed E-state index contributed by atoms with van der Waals surface area (Å²) in [6.45, 7) is 1.07. The van der Waals surface area contributed by atoms with Crippen LogP contribution in [0.3, 0.4) is 0 Å². The second-order valence-corrected chi connectivity index (χ2v) is 6.90. The maximum atomic E-state index is 13.7. The molecule has 142 valence electrons. The summed E-state index contributed by atoms with van der Waals surface area (Å²) in [6, 6.07) is 10.1. The molecule has 6 heteroatoms. The van der Waals surface area contributed by atoms with Crippen LogP contribution < -0.4 is 0 Å². The lowest BCUT2D eigenvalue weighted by Crippen LogP contribution is -2.39. The number of carboxylic acids is 1. The molecule has 0 aliphatic carbocycles. The molecule has 0 unspecified atom stereocenters. The summed E-state index contributed by atoms with van der Waals surface area (Å²) in [6.07, 6.45) is 2.01. The predicted molar refractivity (Wildman–Crippen MR) is 96.5 cm³/mol. The Kier molecular flexibility index (Phi) is 5.84. The predicted octanol–water partition coefficient (Wildman–Crippen LogP) is 3.69. The normalized spacial score (nSPS) is 15.0. The Morgan fingerprint density at radius 2 is 1.74 bits per heavy atom. The molecule has 0 saturated carbocycles. The minimum atomic E-state index is -0.935. The molecular formula is C21H21F2NO3. The Balaban J connectivity index is 1.57. The summed E-state index contributed by atoms with van der Waals surface area (Å²) < 4.78 is 27.0. The van der Waals surface area contributed by atoms with Crippen LogP contribution in [0.5, 0.6) is 0 Å². The first kappa shape index (κ1) is 19.0. The van der Waals surface area contributed by atoms with Crippen LogP contribution in [0, 0.1) is 17.6 Å². The Morgan fingerprint density at radius 1 is 1.04 bits per heavy atom. The zero-order chi connectivity index (χ0) is 19.4. The highest BCUT2D eigenvalue weighted by Gasteiger charge is 2.24. The number of carboxylic acid groups (broad SMARTS) is 1. The average Bonchev–Trinajstić information content (AvgIpc) is 2.65. The minimum Gasteiger partial charge on any atom is -0.478 e. The Bertz CT molecular complexity index is 845. The monoisotopic (exact) mass is 373 g/mol. The maximum absolute atomic E-state index is 13.7. The minimum absolute atomic E-state index is 0.0671. The number of carbonyl (C=O) groups is 2. The lowest BCUT2D eigenvalue weighted by Gasteiger charge is -2.32. The van der Waals surface area contributed by atoms with Gasteiger partial charge in [0.2, 0.25) is 5.91 Å². The Hall–Kier alpha value is -2.76. The molecule has 1 amide bonds. The molecule has 0 atom stereocenters. The SMILES string of the molecule is O=C(O)c1ccccc1CC1CCN(C(=O)Cc2cc(F)ccc2F)CC1. The first-order valence-corrected chi connectivity index (χ1v) is 8.97. The third kappa shape index (κ3) is 4.70. The molecule has 1 aliphatic heterocycles. The molecule has 2 aromatic carbocycles. The average molecular weight is 373 g/mol. The highest BCUT2D eigenvalue weighted by molar-refractivity contribution is 5.89. The molecule has 0 radical (unpaired) electrons. The number of carbonyl (C=O) groups excluding carboxylic acids is 1. The van der Waals surface area contributed by atoms with Crippen molar-refractivity contribution in [1.29, 1.82) is 0 Å². The van der Waals surface area contributed by atoms with E-state index >= 15 is 0 Å². The summed E-state index contributed by atoms with van der Waals surface area (Å²) in [5.74, 6) is -2.00. The third-order valence-electron chi connectivity index (χ3n) is 5.07. The van der Waals surface area contributed by atoms with E-state index in [1.54, 1.807) is 17.0 Å². The number of piperidine rings is 1. The highest BCUT2D eigenvalue weighted by Crippen LogP contribution is 2.24. The fraction of sp³-hybridized carbons (Fsp3) is 0.333. The van der Waals surface area contributed by atoms with Gasteiger partial charge in [0.1, 0.15) is 11.6 Å². The van der Waals surface area contributed by atoms with Crippen LogP contribution in [0.15, 0.2) is 42.5 Å². The van der Waals surface area contributed by atoms with Gasteiger partial charge in [-0.25, -0.2) is 13.6 Å². The van der Waals surface area contributed by atoms with Gasteiger partial charge in [0.15, 0.2) is 0 Å². The molecule has 0 aromatic heterocycles. The Morgan fingerprint density at radius 3 is 2.44 bits per heavy atom. The maximum Gasteiger partial charge on any atom is 0.335 e. The number of hydrogen-bond donors (Lipinski definition) is 1. The molecule has 1 saturated heterocycles. The third-order valence-corrected chi connectivity index (χ3v) is 5.07. The summed E-state index contributed by atoms with van der Waals surface area (Å²) in [4.78, 5) is 25.4. The van der Waals surface area contributed by atoms with Gasteiger partial charge in [-0.1, -0.05) is 18.2 Å². The Labute approximate surface area is 156 Å². The van der Waals surface area contributed by atoms with E-state index in [1.165, 1.54) is 0 Å². The largest absolute Gasteiger partial charge is 0.478 e. The highest BCUT2D eigenvalue weighted by atomic mass is 19.1. The number of likely N-dealkylation sites (tertiary alicyclic amines) is 1. The van der Waals surface area contributed by atoms with Crippen molar-refractivity contribution in [2.75, 3.05) is 13.1 Å². The van der Waals surface area contributed by atoms with E-state index in [0.29, 0.717) is 31.0 Å². The number of amides is 1. The first-order chi connectivity index (χ1) is 12.9. The van der Waals surface area contributed by atoms with E-state index in [1.807, 2.05) is 12.1 Å². The van der Waals surface area contributed by atoms with Gasteiger partial charge in [-0.15, -0.1) is 0 Å². The second kappa shape index (κ2) is 8.29. The van der Waals surface area contributed by atoms with Gasteiger partial charge in [0, 0.05) is 18.7 Å². The van der Waals surface area contributed by atoms with Gasteiger partial charge in [0.25, 0.3) is 0 Å². The second-order valence-electron chi connectivity index (χ2n) is 6.90. The number of nitrogens with zero attached hydrogens (tertiary/aromatic N) is 1. The van der Waals surface area contributed by atoms with Crippen molar-refractivity contribution < 1.29 is 23.5 Å². The summed E-state index contributed by atoms with van der Waals surface area (Å²) in [5.41, 5.74) is 1.19. The smallest absolute Gasteiger partial charge is 0.335 e. The van der Waals surface area contributed by atoms with Gasteiger partial charge in [-0.2, -0.15) is 0 Å². The molecule has 1 N–H and O–H groups in total. The van der Waals surface area contributed by atoms with Crippen LogP contribution >= 0.6 is 0 Å². The van der Waals surface area contributed by atoms with Crippen molar-refractivity contribution in [3.8, 4) is 0 Å². The van der Waals surface area contributed by atoms with Crippen LogP contribution in [0.25, 0.3) is 0 Å². The topological polar surface area (TPSA) is 57.6 Å². The summed E-state index contributed by atoms with van der Waals surface area (Å²) in [5, 5.41) is 9.28. The van der Waals surface area contributed by atoms with Crippen LogP contribution in [-0.2, 0) is 17.6 Å². The van der Waals surface area contributed by atoms with Crippen LogP contribution in [0.2, 0.25) is 0 Å². The van der Waals surface area contributed by atoms with Crippen molar-refractivity contribution in [3.05, 3.63) is 70.8 Å². The van der Waals surface area contributed by atoms with Crippen molar-refractivity contribution in [2.45, 2.75) is 25.7 Å². The van der Waals surface area contributed by atoms with Crippen LogP contribution in [0.4, 0.5) is 8.78 Å². The van der Waals surface area contributed by atoms with Crippen molar-refractivity contribution in [1.82, 2.24) is 4.90 Å². The van der Waals surface area contributed by atoms with Crippen molar-refractivity contribution in [2.24, 2.45) is 5.92 Å². The number of benzene rings is 2. The van der Waals surface area contributed by atoms with Gasteiger partial charge < -0.3 is 10.0 Å². The first-order valence-electron chi connectivity index (χ1n) is 8.97. The molecule has 3 rings (SSSR count). The van der Waals surface area contributed by atoms with E-state index in [2.05, 4.69) is 0 Å². The molecule has 1 heterocycles. The lowest BCUT2D eigenvalue weighted by molar-refractivity contribution is -0.131. The molecule has 2 aromatic rings. The number of aromatic carboxylic acids is 1. The van der Waals surface area contributed by atoms with Gasteiger partial charge >= 0.3 is 5.97 Å². The summed E-state index contributed by atoms with van der Waals surface area (Å²) in [7, 11) is 0. The molecule has 1 aliphatic rings. The van der Waals surface area contributed by atoms with E-state index in [4.69, 9.17) is 0 Å². The molecule has 4 nitrogen and oxygen atoms in total. The molecule has 0 bridgehead atoms. The van der Waals surface area contributed by atoms with E-state index in [0.717, 1.165) is 36.6 Å².